The summed E-state index contributed by atoms with van der Waals surface area (Å²) in [5, 5.41) is 11.7. The number of halogens is 1. The molecule has 0 amide bonds. The van der Waals surface area contributed by atoms with Crippen LogP contribution >= 0.6 is 11.6 Å². The summed E-state index contributed by atoms with van der Waals surface area (Å²) in [5.41, 5.74) is 1.86. The lowest BCUT2D eigenvalue weighted by molar-refractivity contribution is 0.390. The second kappa shape index (κ2) is 6.24. The van der Waals surface area contributed by atoms with Gasteiger partial charge in [0.05, 0.1) is 10.7 Å². The fraction of sp³-hybridized carbons (Fsp3) is 0.429. The molecule has 1 aromatic carbocycles. The fourth-order valence-electron chi connectivity index (χ4n) is 2.55. The van der Waals surface area contributed by atoms with Crippen molar-refractivity contribution in [2.75, 3.05) is 25.0 Å². The summed E-state index contributed by atoms with van der Waals surface area (Å²) in [6, 6.07) is 5.85. The van der Waals surface area contributed by atoms with Crippen LogP contribution in [0.4, 0.5) is 5.69 Å². The van der Waals surface area contributed by atoms with Crippen LogP contribution in [0.15, 0.2) is 30.9 Å². The molecule has 2 aromatic rings. The van der Waals surface area contributed by atoms with Gasteiger partial charge in [-0.15, -0.1) is 0 Å². The molecule has 0 atom stereocenters. The molecule has 1 fully saturated rings. The van der Waals surface area contributed by atoms with Gasteiger partial charge in [0.2, 0.25) is 0 Å². The molecule has 0 radical (unpaired) electrons. The summed E-state index contributed by atoms with van der Waals surface area (Å²) in [6.07, 6.45) is 5.61. The van der Waals surface area contributed by atoms with Gasteiger partial charge >= 0.3 is 0 Å². The highest BCUT2D eigenvalue weighted by Crippen LogP contribution is 2.28. The molecule has 1 aromatic heterocycles. The third kappa shape index (κ3) is 2.94. The number of nitrogens with zero attached hydrogens (tertiary/aromatic N) is 3. The van der Waals surface area contributed by atoms with E-state index in [9.17, 15) is 0 Å². The summed E-state index contributed by atoms with van der Waals surface area (Å²) in [5.74, 6) is 0.707. The van der Waals surface area contributed by atoms with Gasteiger partial charge in [0.1, 0.15) is 18.3 Å². The molecule has 0 saturated carbocycles. The van der Waals surface area contributed by atoms with E-state index in [-0.39, 0.29) is 0 Å². The molecular formula is C14H18ClN5. The lowest BCUT2D eigenvalue weighted by atomic mass is 9.98. The number of aromatic nitrogens is 3. The number of rotatable bonds is 4. The van der Waals surface area contributed by atoms with Crippen LogP contribution in [0.3, 0.4) is 0 Å². The lowest BCUT2D eigenvalue weighted by Gasteiger charge is -2.24. The Kier molecular flexibility index (Phi) is 4.18. The van der Waals surface area contributed by atoms with Gasteiger partial charge in [-0.05, 0) is 44.0 Å². The summed E-state index contributed by atoms with van der Waals surface area (Å²) in [4.78, 5) is 3.99. The number of para-hydroxylation sites is 1. The maximum Gasteiger partial charge on any atom is 0.138 e. The van der Waals surface area contributed by atoms with Crippen molar-refractivity contribution >= 4 is 17.3 Å². The Hall–Kier alpha value is -1.59. The van der Waals surface area contributed by atoms with E-state index in [4.69, 9.17) is 11.6 Å². The zero-order valence-corrected chi connectivity index (χ0v) is 12.0. The smallest absolute Gasteiger partial charge is 0.138 e. The monoisotopic (exact) mass is 291 g/mol. The lowest BCUT2D eigenvalue weighted by Crippen LogP contribution is -2.31. The van der Waals surface area contributed by atoms with Gasteiger partial charge in [0, 0.05) is 6.54 Å². The number of hydrogen-bond donors (Lipinski definition) is 2. The third-order valence-corrected chi connectivity index (χ3v) is 3.98. The largest absolute Gasteiger partial charge is 0.383 e. The molecular weight excluding hydrogens is 274 g/mol. The molecule has 1 aliphatic rings. The zero-order chi connectivity index (χ0) is 13.8. The molecule has 5 nitrogen and oxygen atoms in total. The van der Waals surface area contributed by atoms with Crippen LogP contribution in [-0.4, -0.2) is 34.4 Å². The first-order valence-corrected chi connectivity index (χ1v) is 7.30. The summed E-state index contributed by atoms with van der Waals surface area (Å²) < 4.78 is 1.70. The zero-order valence-electron chi connectivity index (χ0n) is 11.2. The summed E-state index contributed by atoms with van der Waals surface area (Å²) >= 11 is 6.30. The first-order valence-electron chi connectivity index (χ1n) is 6.92. The fourth-order valence-corrected chi connectivity index (χ4v) is 2.82. The van der Waals surface area contributed by atoms with Gasteiger partial charge in [0.25, 0.3) is 0 Å². The van der Waals surface area contributed by atoms with Gasteiger partial charge in [0.15, 0.2) is 0 Å². The van der Waals surface area contributed by atoms with E-state index >= 15 is 0 Å². The Bertz CT molecular complexity index is 549. The highest BCUT2D eigenvalue weighted by atomic mass is 35.5. The Morgan fingerprint density at radius 3 is 2.95 bits per heavy atom. The first kappa shape index (κ1) is 13.4. The SMILES string of the molecule is Clc1cccc(NCC2CCNCC2)c1-n1cncn1. The highest BCUT2D eigenvalue weighted by molar-refractivity contribution is 6.33. The summed E-state index contributed by atoms with van der Waals surface area (Å²) in [7, 11) is 0. The molecule has 1 aliphatic heterocycles. The number of anilines is 1. The predicted octanol–water partition coefficient (Wildman–Crippen LogP) is 2.33. The van der Waals surface area contributed by atoms with Crippen LogP contribution in [-0.2, 0) is 0 Å². The van der Waals surface area contributed by atoms with Crippen LogP contribution in [0.2, 0.25) is 5.02 Å². The minimum atomic E-state index is 0.672. The van der Waals surface area contributed by atoms with Gasteiger partial charge in [-0.3, -0.25) is 0 Å². The van der Waals surface area contributed by atoms with Crippen molar-refractivity contribution < 1.29 is 0 Å². The van der Waals surface area contributed by atoms with E-state index in [1.807, 2.05) is 18.2 Å². The van der Waals surface area contributed by atoms with Crippen molar-refractivity contribution in [3.8, 4) is 5.69 Å². The first-order chi connectivity index (χ1) is 9.84. The summed E-state index contributed by atoms with van der Waals surface area (Å²) in [6.45, 7) is 3.18. The van der Waals surface area contributed by atoms with Crippen LogP contribution in [0, 0.1) is 5.92 Å². The molecule has 1 saturated heterocycles. The van der Waals surface area contributed by atoms with E-state index < -0.39 is 0 Å². The van der Waals surface area contributed by atoms with E-state index in [1.165, 1.54) is 19.2 Å². The molecule has 0 aliphatic carbocycles. The van der Waals surface area contributed by atoms with Gasteiger partial charge < -0.3 is 10.6 Å². The molecule has 0 spiro atoms. The molecule has 3 rings (SSSR count). The van der Waals surface area contributed by atoms with Gasteiger partial charge in [-0.1, -0.05) is 17.7 Å². The average molecular weight is 292 g/mol. The number of hydrogen-bond acceptors (Lipinski definition) is 4. The van der Waals surface area contributed by atoms with E-state index in [1.54, 1.807) is 11.0 Å². The van der Waals surface area contributed by atoms with Gasteiger partial charge in [-0.2, -0.15) is 5.10 Å². The van der Waals surface area contributed by atoms with Crippen LogP contribution in [0.25, 0.3) is 5.69 Å². The molecule has 106 valence electrons. The Morgan fingerprint density at radius 1 is 1.35 bits per heavy atom. The average Bonchev–Trinajstić information content (AvgIpc) is 3.00. The van der Waals surface area contributed by atoms with Crippen molar-refractivity contribution in [2.24, 2.45) is 5.92 Å². The molecule has 2 heterocycles. The van der Waals surface area contributed by atoms with E-state index in [2.05, 4.69) is 20.7 Å². The second-order valence-corrected chi connectivity index (χ2v) is 5.46. The number of nitrogens with one attached hydrogen (secondary N) is 2. The minimum absolute atomic E-state index is 0.672. The number of benzene rings is 1. The van der Waals surface area contributed by atoms with Crippen LogP contribution in [0.1, 0.15) is 12.8 Å². The van der Waals surface area contributed by atoms with Crippen molar-refractivity contribution in [3.05, 3.63) is 35.9 Å². The molecule has 0 bridgehead atoms. The van der Waals surface area contributed by atoms with Crippen molar-refractivity contribution in [3.63, 3.8) is 0 Å². The predicted molar refractivity (Wildman–Crippen MR) is 80.5 cm³/mol. The molecule has 2 N–H and O–H groups in total. The molecule has 0 unspecified atom stereocenters. The highest BCUT2D eigenvalue weighted by Gasteiger charge is 2.15. The topological polar surface area (TPSA) is 54.8 Å². The molecule has 20 heavy (non-hydrogen) atoms. The van der Waals surface area contributed by atoms with Crippen LogP contribution in [0.5, 0.6) is 0 Å². The number of piperidine rings is 1. The standard InChI is InChI=1S/C14H18ClN5/c15-12-2-1-3-13(14(12)20-10-17-9-19-20)18-8-11-4-6-16-7-5-11/h1-3,9-11,16,18H,4-8H2. The van der Waals surface area contributed by atoms with E-state index in [0.717, 1.165) is 31.0 Å². The quantitative estimate of drug-likeness (QED) is 0.908. The van der Waals surface area contributed by atoms with E-state index in [0.29, 0.717) is 10.9 Å². The maximum absolute atomic E-state index is 6.30. The van der Waals surface area contributed by atoms with Gasteiger partial charge in [-0.25, -0.2) is 9.67 Å². The Labute approximate surface area is 123 Å². The third-order valence-electron chi connectivity index (χ3n) is 3.67. The second-order valence-electron chi connectivity index (χ2n) is 5.05. The maximum atomic E-state index is 6.30. The van der Waals surface area contributed by atoms with Crippen LogP contribution < -0.4 is 10.6 Å². The Morgan fingerprint density at radius 2 is 2.20 bits per heavy atom. The normalized spacial score (nSPS) is 16.2. The van der Waals surface area contributed by atoms with Crippen molar-refractivity contribution in [1.29, 1.82) is 0 Å². The minimum Gasteiger partial charge on any atom is -0.383 e. The molecule has 6 heteroatoms. The Balaban J connectivity index is 1.77. The van der Waals surface area contributed by atoms with Crippen molar-refractivity contribution in [2.45, 2.75) is 12.8 Å². The van der Waals surface area contributed by atoms with Crippen molar-refractivity contribution in [1.82, 2.24) is 20.1 Å².